The number of nitrogens with one attached hydrogen (secondary N) is 1. The second-order valence-electron chi connectivity index (χ2n) is 9.62. The lowest BCUT2D eigenvalue weighted by molar-refractivity contribution is -0.384. The third-order valence-corrected chi connectivity index (χ3v) is 6.79. The predicted octanol–water partition coefficient (Wildman–Crippen LogP) is 4.67. The zero-order valence-electron chi connectivity index (χ0n) is 21.3. The van der Waals surface area contributed by atoms with Gasteiger partial charge in [0.25, 0.3) is 11.6 Å². The molecule has 0 unspecified atom stereocenters. The molecule has 0 aromatic heterocycles. The maximum absolute atomic E-state index is 12.5. The zero-order valence-corrected chi connectivity index (χ0v) is 22.1. The summed E-state index contributed by atoms with van der Waals surface area (Å²) in [5.41, 5.74) is 2.29. The third kappa shape index (κ3) is 7.78. The Morgan fingerprint density at radius 3 is 2.24 bits per heavy atom. The first-order chi connectivity index (χ1) is 17.3. The van der Waals surface area contributed by atoms with Crippen molar-refractivity contribution in [3.63, 3.8) is 0 Å². The number of benzene rings is 3. The third-order valence-electron chi connectivity index (χ3n) is 5.65. The van der Waals surface area contributed by atoms with E-state index in [-0.39, 0.29) is 29.2 Å². The highest BCUT2D eigenvalue weighted by Crippen LogP contribution is 2.26. The molecule has 0 bridgehead atoms. The number of nitrogens with zero attached hydrogens (tertiary/aromatic N) is 2. The Labute approximate surface area is 217 Å². The number of hydrogen-bond donors (Lipinski definition) is 1. The van der Waals surface area contributed by atoms with Gasteiger partial charge in [0, 0.05) is 17.7 Å². The van der Waals surface area contributed by atoms with E-state index in [4.69, 9.17) is 4.74 Å². The predicted molar refractivity (Wildman–Crippen MR) is 144 cm³/mol. The molecule has 10 heteroatoms. The summed E-state index contributed by atoms with van der Waals surface area (Å²) in [5, 5.41) is 13.9. The van der Waals surface area contributed by atoms with E-state index in [0.29, 0.717) is 24.3 Å². The molecule has 0 saturated carbocycles. The summed E-state index contributed by atoms with van der Waals surface area (Å²) in [6.45, 7) is 7.02. The summed E-state index contributed by atoms with van der Waals surface area (Å²) in [6.07, 6.45) is 1.04. The maximum Gasteiger partial charge on any atom is 0.271 e. The molecule has 0 radical (unpaired) electrons. The molecular weight excluding hydrogens is 494 g/mol. The lowest BCUT2D eigenvalue weighted by Crippen LogP contribution is -2.29. The van der Waals surface area contributed by atoms with Crippen molar-refractivity contribution in [2.24, 2.45) is 0 Å². The Hall–Kier alpha value is -3.92. The summed E-state index contributed by atoms with van der Waals surface area (Å²) >= 11 is 0. The van der Waals surface area contributed by atoms with Crippen molar-refractivity contribution in [2.75, 3.05) is 23.7 Å². The van der Waals surface area contributed by atoms with Gasteiger partial charge in [0.15, 0.2) is 0 Å². The summed E-state index contributed by atoms with van der Waals surface area (Å²) in [4.78, 5) is 23.0. The number of rotatable bonds is 10. The van der Waals surface area contributed by atoms with Crippen LogP contribution in [-0.2, 0) is 22.0 Å². The second-order valence-corrected chi connectivity index (χ2v) is 11.5. The number of nitro groups is 1. The molecule has 0 aliphatic carbocycles. The van der Waals surface area contributed by atoms with Crippen molar-refractivity contribution in [3.8, 4) is 5.75 Å². The topological polar surface area (TPSA) is 119 Å². The molecule has 0 heterocycles. The van der Waals surface area contributed by atoms with Crippen LogP contribution in [-0.4, -0.2) is 38.7 Å². The average Bonchev–Trinajstić information content (AvgIpc) is 2.84. The van der Waals surface area contributed by atoms with Gasteiger partial charge in [0.1, 0.15) is 12.4 Å². The van der Waals surface area contributed by atoms with Crippen molar-refractivity contribution >= 4 is 27.3 Å². The van der Waals surface area contributed by atoms with Crippen LogP contribution >= 0.6 is 0 Å². The van der Waals surface area contributed by atoms with E-state index in [1.807, 2.05) is 24.3 Å². The molecule has 0 spiro atoms. The molecule has 3 rings (SSSR count). The molecule has 3 aromatic carbocycles. The van der Waals surface area contributed by atoms with Crippen LogP contribution in [0.1, 0.15) is 42.3 Å². The summed E-state index contributed by atoms with van der Waals surface area (Å²) in [6, 6.07) is 19.8. The van der Waals surface area contributed by atoms with E-state index < -0.39 is 14.9 Å². The number of anilines is 1. The number of non-ortho nitro benzene ring substituents is 1. The normalized spacial score (nSPS) is 11.6. The number of ether oxygens (including phenoxy) is 1. The minimum atomic E-state index is -3.72. The first-order valence-corrected chi connectivity index (χ1v) is 13.5. The largest absolute Gasteiger partial charge is 0.492 e. The SMILES string of the molecule is CC(C)(C)c1ccc(OCCNC(=O)c2ccc(CN(c3cccc([N+](=O)[O-])c3)S(C)(=O)=O)cc2)cc1. The molecule has 0 fully saturated rings. The number of carbonyl (C=O) groups excluding carboxylic acids is 1. The Bertz CT molecular complexity index is 1350. The van der Waals surface area contributed by atoms with Crippen molar-refractivity contribution < 1.29 is 22.9 Å². The molecule has 9 nitrogen and oxygen atoms in total. The number of sulfonamides is 1. The summed E-state index contributed by atoms with van der Waals surface area (Å²) in [5.74, 6) is 0.447. The zero-order chi connectivity index (χ0) is 27.2. The smallest absolute Gasteiger partial charge is 0.271 e. The van der Waals surface area contributed by atoms with Gasteiger partial charge in [0.2, 0.25) is 10.0 Å². The number of amides is 1. The maximum atomic E-state index is 12.5. The van der Waals surface area contributed by atoms with Crippen LogP contribution in [0.3, 0.4) is 0 Å². The van der Waals surface area contributed by atoms with Gasteiger partial charge in [-0.25, -0.2) is 8.42 Å². The van der Waals surface area contributed by atoms with Gasteiger partial charge in [-0.3, -0.25) is 19.2 Å². The fraction of sp³-hybridized carbons (Fsp3) is 0.296. The number of carbonyl (C=O) groups is 1. The van der Waals surface area contributed by atoms with Gasteiger partial charge >= 0.3 is 0 Å². The van der Waals surface area contributed by atoms with Crippen molar-refractivity contribution in [2.45, 2.75) is 32.7 Å². The summed E-state index contributed by atoms with van der Waals surface area (Å²) < 4.78 is 31.5. The van der Waals surface area contributed by atoms with Crippen molar-refractivity contribution in [3.05, 3.63) is 99.6 Å². The van der Waals surface area contributed by atoms with Gasteiger partial charge in [-0.2, -0.15) is 0 Å². The fourth-order valence-corrected chi connectivity index (χ4v) is 4.46. The molecule has 0 aliphatic heterocycles. The van der Waals surface area contributed by atoms with Crippen LogP contribution in [0.25, 0.3) is 0 Å². The Morgan fingerprint density at radius 2 is 1.68 bits per heavy atom. The average molecular weight is 526 g/mol. The van der Waals surface area contributed by atoms with E-state index >= 15 is 0 Å². The van der Waals surface area contributed by atoms with Crippen LogP contribution in [0.2, 0.25) is 0 Å². The van der Waals surface area contributed by atoms with Crippen LogP contribution in [0.4, 0.5) is 11.4 Å². The van der Waals surface area contributed by atoms with Gasteiger partial charge in [-0.15, -0.1) is 0 Å². The first kappa shape index (κ1) is 27.7. The molecule has 1 amide bonds. The highest BCUT2D eigenvalue weighted by Gasteiger charge is 2.20. The van der Waals surface area contributed by atoms with Crippen LogP contribution < -0.4 is 14.4 Å². The molecule has 0 saturated heterocycles. The van der Waals surface area contributed by atoms with Crippen molar-refractivity contribution in [1.29, 1.82) is 0 Å². The minimum absolute atomic E-state index is 0.0380. The Morgan fingerprint density at radius 1 is 1.03 bits per heavy atom. The molecule has 0 aliphatic rings. The lowest BCUT2D eigenvalue weighted by Gasteiger charge is -2.22. The minimum Gasteiger partial charge on any atom is -0.492 e. The van der Waals surface area contributed by atoms with Gasteiger partial charge in [-0.1, -0.05) is 51.1 Å². The molecule has 1 N–H and O–H groups in total. The van der Waals surface area contributed by atoms with Gasteiger partial charge in [0.05, 0.1) is 30.0 Å². The Kier molecular flexibility index (Phi) is 8.54. The lowest BCUT2D eigenvalue weighted by atomic mass is 9.87. The van der Waals surface area contributed by atoms with Crippen LogP contribution in [0.5, 0.6) is 5.75 Å². The van der Waals surface area contributed by atoms with E-state index in [9.17, 15) is 23.3 Å². The number of hydrogen-bond acceptors (Lipinski definition) is 6. The van der Waals surface area contributed by atoms with Crippen LogP contribution in [0, 0.1) is 10.1 Å². The Balaban J connectivity index is 1.57. The van der Waals surface area contributed by atoms with E-state index in [1.54, 1.807) is 24.3 Å². The molecule has 3 aromatic rings. The number of nitro benzene ring substituents is 1. The van der Waals surface area contributed by atoms with Crippen LogP contribution in [0.15, 0.2) is 72.8 Å². The van der Waals surface area contributed by atoms with Gasteiger partial charge in [-0.05, 0) is 46.9 Å². The molecule has 196 valence electrons. The molecule has 37 heavy (non-hydrogen) atoms. The first-order valence-electron chi connectivity index (χ1n) is 11.7. The van der Waals surface area contributed by atoms with E-state index in [0.717, 1.165) is 16.3 Å². The van der Waals surface area contributed by atoms with Gasteiger partial charge < -0.3 is 10.1 Å². The molecular formula is C27H31N3O6S. The summed E-state index contributed by atoms with van der Waals surface area (Å²) in [7, 11) is -3.72. The quantitative estimate of drug-likeness (QED) is 0.233. The monoisotopic (exact) mass is 525 g/mol. The van der Waals surface area contributed by atoms with E-state index in [1.165, 1.54) is 29.8 Å². The highest BCUT2D eigenvalue weighted by molar-refractivity contribution is 7.92. The van der Waals surface area contributed by atoms with E-state index in [2.05, 4.69) is 26.1 Å². The highest BCUT2D eigenvalue weighted by atomic mass is 32.2. The van der Waals surface area contributed by atoms with Crippen molar-refractivity contribution in [1.82, 2.24) is 5.32 Å². The molecule has 0 atom stereocenters. The fourth-order valence-electron chi connectivity index (χ4n) is 3.58. The standard InChI is InChI=1S/C27H31N3O6S/c1-27(2,3)22-12-14-25(15-13-22)36-17-16-28-26(31)21-10-8-20(9-11-21)19-29(37(4,34)35)23-6-5-7-24(18-23)30(32)33/h5-15,18H,16-17,19H2,1-4H3,(H,28,31). The second kappa shape index (κ2) is 11.4.